The average molecular weight is 1890 g/mol. The first kappa shape index (κ1) is 109. The minimum atomic E-state index is -2.05. The summed E-state index contributed by atoms with van der Waals surface area (Å²) in [7, 11) is 1.80. The Labute approximate surface area is 780 Å². The number of para-hydroxylation sites is 1. The lowest BCUT2D eigenvalue weighted by Gasteiger charge is -2.39. The van der Waals surface area contributed by atoms with Gasteiger partial charge in [0.25, 0.3) is 0 Å². The zero-order valence-corrected chi connectivity index (χ0v) is 78.7. The largest absolute Gasteiger partial charge is 0.492 e. The standard InChI is InChI=1S/C90H131N21O20S2/c1-49-22-20-25-61-59(48-99-72(49)61)45-67-80(123)102-63(26-14-18-38-96-51(3)113)78(121)110-75(89(9,10)133-132-88(7,8)74(100-54(6)116)85(128)107-69(47-71(94)118)82(125)109-73(50(2)112)84(127)105-67)86(129)106-65(43-55-30-33-60(34-31-55)131-41-37-92)79(122)103-66(44-56-29-32-57-23-12-13-24-58(57)42-56)83(126)111-90(11,35-16-17-36-91)87(130)108-64(27-15-19-39-97-52(4)114)77(120)104-68(46-70(93)117)81(124)101-62(76(95)119)28-21-40-98-53(5)115/h12-13,20,22-25,29-34,42,48,50,62-69,73-75,99,112H,14-19,21,26-28,35-41,43-47,91-92H2,1-11H3,(H2,93,117)(H2,94,118)(H2,95,119)(H,96,113)(H,97,114)(H,98,115)(H,100,116)(H,101,124)(H,102,123)(H,103,122)(H,104,120)(H,105,127)(H,106,129)(H,107,128)(H,108,130)(H,109,125)(H,110,121)(H,111,126)/t50-,62+,63+,64+,65+,66+,67+,68+,69+,73+,74-,75-,90+/m1/s1. The molecule has 133 heavy (non-hydrogen) atoms. The Morgan fingerprint density at radius 1 is 0.534 bits per heavy atom. The van der Waals surface area contributed by atoms with Gasteiger partial charge in [-0.05, 0) is 171 Å². The SMILES string of the molecule is CC(=O)NCCCC[C@@H]1NC(=O)[C@H](Cc2c[nH]c3c(C)cccc23)NC(=O)[C@H]([C@@H](C)O)NC(=O)[C@H](CC(N)=O)NC(=O)[C@@H](NC(C)=O)C(C)(C)SSC(C)(C)[C@@H](C(=O)N[C@@H](Cc2ccc(OCCN)cc2)C(=O)N[C@@H](Cc2ccc3ccccc3c2)C(=O)N[C@@](C)(CCCCN)C(=O)N[C@@H](CCCCNC(C)=O)C(=O)N[C@@H](CC(N)=O)C(=O)N[C@@H](CCCNC(C)=O)C(N)=O)NC1=O. The number of H-pyrrole nitrogens is 1. The van der Waals surface area contributed by atoms with E-state index in [2.05, 4.69) is 84.7 Å². The first-order valence-electron chi connectivity index (χ1n) is 44.2. The van der Waals surface area contributed by atoms with Crippen LogP contribution in [0.4, 0.5) is 0 Å². The number of carbonyl (C=O) groups is 18. The second-order valence-corrected chi connectivity index (χ2v) is 37.8. The summed E-state index contributed by atoms with van der Waals surface area (Å²) < 4.78 is 2.56. The average Bonchev–Trinajstić information content (AvgIpc) is 1.77. The van der Waals surface area contributed by atoms with Gasteiger partial charge in [-0.2, -0.15) is 0 Å². The summed E-state index contributed by atoms with van der Waals surface area (Å²) >= 11 is 0. The van der Waals surface area contributed by atoms with E-state index in [1.807, 2.05) is 31.2 Å². The van der Waals surface area contributed by atoms with Gasteiger partial charge in [-0.1, -0.05) is 94.4 Å². The van der Waals surface area contributed by atoms with Crippen molar-refractivity contribution in [2.24, 2.45) is 28.7 Å². The maximum Gasteiger partial charge on any atom is 0.246 e. The molecule has 2 heterocycles. The third-order valence-electron chi connectivity index (χ3n) is 22.1. The second-order valence-electron chi connectivity index (χ2n) is 34.4. The number of primary amides is 3. The van der Waals surface area contributed by atoms with E-state index in [-0.39, 0.29) is 141 Å². The lowest BCUT2D eigenvalue weighted by atomic mass is 9.91. The van der Waals surface area contributed by atoms with Gasteiger partial charge in [0.1, 0.15) is 84.4 Å². The van der Waals surface area contributed by atoms with E-state index in [0.717, 1.165) is 46.4 Å². The predicted octanol–water partition coefficient (Wildman–Crippen LogP) is -1.55. The Morgan fingerprint density at radius 2 is 1.09 bits per heavy atom. The van der Waals surface area contributed by atoms with Gasteiger partial charge in [0.2, 0.25) is 106 Å². The monoisotopic (exact) mass is 1890 g/mol. The van der Waals surface area contributed by atoms with Crippen LogP contribution in [0, 0.1) is 6.92 Å². The molecule has 1 saturated heterocycles. The number of nitrogens with one attached hydrogen (secondary N) is 16. The van der Waals surface area contributed by atoms with Crippen molar-refractivity contribution in [3.8, 4) is 5.75 Å². The number of aliphatic hydroxyl groups is 1. The maximum atomic E-state index is 16.4. The van der Waals surface area contributed by atoms with Crippen molar-refractivity contribution < 1.29 is 96.1 Å². The van der Waals surface area contributed by atoms with Crippen molar-refractivity contribution in [1.82, 2.24) is 84.7 Å². The van der Waals surface area contributed by atoms with Crippen LogP contribution in [0.2, 0.25) is 0 Å². The van der Waals surface area contributed by atoms with Crippen molar-refractivity contribution >= 4 is 150 Å². The van der Waals surface area contributed by atoms with Gasteiger partial charge in [-0.15, -0.1) is 0 Å². The van der Waals surface area contributed by atoms with Crippen LogP contribution in [0.25, 0.3) is 21.7 Å². The number of nitrogens with two attached hydrogens (primary N) is 5. The lowest BCUT2D eigenvalue weighted by molar-refractivity contribution is -0.138. The molecule has 1 aliphatic rings. The number of fused-ring (bicyclic) bond motifs is 2. The third-order valence-corrected chi connectivity index (χ3v) is 26.3. The molecular formula is C90H131N21O20S2. The molecule has 0 spiro atoms. The van der Waals surface area contributed by atoms with Crippen molar-refractivity contribution in [3.05, 3.63) is 113 Å². The van der Waals surface area contributed by atoms with E-state index < -0.39 is 195 Å². The molecule has 0 unspecified atom stereocenters. The fourth-order valence-electron chi connectivity index (χ4n) is 14.7. The van der Waals surface area contributed by atoms with Crippen molar-refractivity contribution in [1.29, 1.82) is 0 Å². The van der Waals surface area contributed by atoms with Gasteiger partial charge < -0.3 is 123 Å². The molecule has 18 amide bonds. The van der Waals surface area contributed by atoms with E-state index >= 15 is 28.8 Å². The van der Waals surface area contributed by atoms with Crippen LogP contribution < -0.4 is 113 Å². The molecule has 4 aromatic carbocycles. The molecule has 0 bridgehead atoms. The van der Waals surface area contributed by atoms with Crippen LogP contribution in [0.15, 0.2) is 91.1 Å². The number of hydrogen-bond donors (Lipinski definition) is 22. The highest BCUT2D eigenvalue weighted by Crippen LogP contribution is 2.47. The Morgan fingerprint density at radius 3 is 1.71 bits per heavy atom. The number of carbonyl (C=O) groups excluding carboxylic acids is 18. The summed E-state index contributed by atoms with van der Waals surface area (Å²) in [6.07, 6.45) is -2.31. The molecule has 6 rings (SSSR count). The fourth-order valence-corrected chi connectivity index (χ4v) is 17.5. The first-order valence-corrected chi connectivity index (χ1v) is 46.3. The zero-order chi connectivity index (χ0) is 98.6. The molecule has 43 heteroatoms. The molecule has 1 aromatic heterocycles. The minimum Gasteiger partial charge on any atom is -0.492 e. The van der Waals surface area contributed by atoms with Crippen LogP contribution in [-0.4, -0.2) is 243 Å². The normalized spacial score (nSPS) is 19.0. The predicted molar refractivity (Wildman–Crippen MR) is 500 cm³/mol. The van der Waals surface area contributed by atoms with Crippen LogP contribution in [0.3, 0.4) is 0 Å². The number of unbranched alkanes of at least 4 members (excludes halogenated alkanes) is 3. The summed E-state index contributed by atoms with van der Waals surface area (Å²) in [5.41, 5.74) is 29.5. The molecule has 1 aliphatic heterocycles. The third kappa shape index (κ3) is 35.5. The Hall–Kier alpha value is -12.5. The van der Waals surface area contributed by atoms with Gasteiger partial charge in [0.15, 0.2) is 0 Å². The summed E-state index contributed by atoms with van der Waals surface area (Å²) in [5, 5.41) is 53.3. The highest BCUT2D eigenvalue weighted by molar-refractivity contribution is 8.77. The number of benzene rings is 4. The summed E-state index contributed by atoms with van der Waals surface area (Å²) in [5.74, 6) is -16.4. The number of aromatic nitrogens is 1. The first-order chi connectivity index (χ1) is 62.7. The zero-order valence-electron chi connectivity index (χ0n) is 77.1. The van der Waals surface area contributed by atoms with Crippen molar-refractivity contribution in [3.63, 3.8) is 0 Å². The Balaban J connectivity index is 1.53. The number of amides is 18. The van der Waals surface area contributed by atoms with Gasteiger partial charge in [0.05, 0.1) is 18.9 Å². The maximum absolute atomic E-state index is 16.4. The number of ether oxygens (including phenoxy) is 1. The summed E-state index contributed by atoms with van der Waals surface area (Å²) in [6.45, 7) is 16.1. The molecule has 27 N–H and O–H groups in total. The number of aromatic amines is 1. The highest BCUT2D eigenvalue weighted by atomic mass is 33.1. The van der Waals surface area contributed by atoms with E-state index in [0.29, 0.717) is 38.7 Å². The summed E-state index contributed by atoms with van der Waals surface area (Å²) in [4.78, 5) is 259. The van der Waals surface area contributed by atoms with Crippen LogP contribution in [0.1, 0.15) is 175 Å². The number of hydrogen-bond acceptors (Lipinski definition) is 24. The number of aliphatic hydroxyl groups excluding tert-OH is 1. The van der Waals surface area contributed by atoms with Gasteiger partial charge in [0, 0.05) is 99.7 Å². The topological polar surface area (TPSA) is 663 Å². The molecule has 1 fully saturated rings. The van der Waals surface area contributed by atoms with Gasteiger partial charge in [-0.25, -0.2) is 0 Å². The van der Waals surface area contributed by atoms with E-state index in [1.165, 1.54) is 55.4 Å². The number of rotatable bonds is 46. The molecule has 0 radical (unpaired) electrons. The molecule has 728 valence electrons. The van der Waals surface area contributed by atoms with E-state index in [9.17, 15) is 62.6 Å². The number of aryl methyl sites for hydroxylation is 1. The highest BCUT2D eigenvalue weighted by Gasteiger charge is 2.47. The van der Waals surface area contributed by atoms with Crippen molar-refractivity contribution in [2.75, 3.05) is 39.3 Å². The van der Waals surface area contributed by atoms with Crippen LogP contribution in [0.5, 0.6) is 5.75 Å². The van der Waals surface area contributed by atoms with E-state index in [1.54, 1.807) is 66.9 Å². The quantitative estimate of drug-likeness (QED) is 0.0155. The fraction of sp³-hybridized carbons (Fsp3) is 0.533. The van der Waals surface area contributed by atoms with Crippen LogP contribution >= 0.6 is 21.6 Å². The minimum absolute atomic E-state index is 0.0810. The Bertz CT molecular complexity index is 4960. The molecule has 13 atom stereocenters. The molecular weight excluding hydrogens is 1760 g/mol. The smallest absolute Gasteiger partial charge is 0.246 e. The lowest BCUT2D eigenvalue weighted by Crippen LogP contribution is -2.65. The van der Waals surface area contributed by atoms with Gasteiger partial charge in [-0.3, -0.25) is 86.3 Å². The summed E-state index contributed by atoms with van der Waals surface area (Å²) in [6, 6.07) is 5.38. The van der Waals surface area contributed by atoms with Gasteiger partial charge >= 0.3 is 0 Å². The van der Waals surface area contributed by atoms with E-state index in [4.69, 9.17) is 33.4 Å². The molecule has 5 aromatic rings. The molecule has 41 nitrogen and oxygen atoms in total. The van der Waals surface area contributed by atoms with Crippen LogP contribution in [-0.2, 0) is 106 Å². The second kappa shape index (κ2) is 52.7. The Kier molecular flexibility index (Phi) is 43.3. The molecule has 0 aliphatic carbocycles. The van der Waals surface area contributed by atoms with Crippen molar-refractivity contribution in [2.45, 2.75) is 266 Å². The molecule has 0 saturated carbocycles.